The number of carbonyl (C=O) groups is 1. The lowest BCUT2D eigenvalue weighted by atomic mass is 9.89. The Labute approximate surface area is 103 Å². The van der Waals surface area contributed by atoms with Crippen LogP contribution in [-0.4, -0.2) is 30.4 Å². The van der Waals surface area contributed by atoms with Gasteiger partial charge in [0.2, 0.25) is 0 Å². The Bertz CT molecular complexity index is 275. The zero-order valence-electron chi connectivity index (χ0n) is 11.2. The summed E-state index contributed by atoms with van der Waals surface area (Å²) in [5.74, 6) is 0. The molecule has 1 aliphatic rings. The summed E-state index contributed by atoms with van der Waals surface area (Å²) in [4.78, 5) is 11.4. The van der Waals surface area contributed by atoms with Crippen molar-refractivity contribution in [3.05, 3.63) is 12.2 Å². The first-order chi connectivity index (χ1) is 7.90. The Morgan fingerprint density at radius 3 is 2.59 bits per heavy atom. The highest BCUT2D eigenvalue weighted by Gasteiger charge is 2.31. The highest BCUT2D eigenvalue weighted by molar-refractivity contribution is 5.68. The van der Waals surface area contributed by atoms with E-state index in [-0.39, 0.29) is 18.2 Å². The molecule has 1 saturated carbocycles. The molecule has 98 valence electrons. The molecule has 0 aliphatic heterocycles. The molecule has 1 N–H and O–H groups in total. The van der Waals surface area contributed by atoms with Gasteiger partial charge in [-0.05, 0) is 40.5 Å². The third-order valence-electron chi connectivity index (χ3n) is 2.48. The third kappa shape index (κ3) is 5.73. The van der Waals surface area contributed by atoms with E-state index in [0.717, 1.165) is 12.8 Å². The van der Waals surface area contributed by atoms with E-state index in [1.165, 1.54) is 0 Å². The molecule has 17 heavy (non-hydrogen) atoms. The van der Waals surface area contributed by atoms with Gasteiger partial charge in [-0.2, -0.15) is 0 Å². The van der Waals surface area contributed by atoms with E-state index in [2.05, 4.69) is 5.32 Å². The molecule has 0 spiro atoms. The maximum absolute atomic E-state index is 11.4. The molecule has 0 saturated heterocycles. The van der Waals surface area contributed by atoms with E-state index in [4.69, 9.17) is 9.47 Å². The van der Waals surface area contributed by atoms with E-state index in [0.29, 0.717) is 6.61 Å². The minimum Gasteiger partial charge on any atom is -0.444 e. The average molecular weight is 241 g/mol. The first-order valence-electron chi connectivity index (χ1n) is 6.13. The first kappa shape index (κ1) is 14.0. The van der Waals surface area contributed by atoms with Crippen LogP contribution in [0.5, 0.6) is 0 Å². The Kier molecular flexibility index (Phi) is 5.00. The van der Waals surface area contributed by atoms with E-state index in [1.807, 2.05) is 39.8 Å². The van der Waals surface area contributed by atoms with Gasteiger partial charge in [0.15, 0.2) is 0 Å². The van der Waals surface area contributed by atoms with Gasteiger partial charge in [0.1, 0.15) is 5.60 Å². The fraction of sp³-hybridized carbons (Fsp3) is 0.769. The first-order valence-corrected chi connectivity index (χ1v) is 6.13. The second kappa shape index (κ2) is 6.05. The van der Waals surface area contributed by atoms with Crippen LogP contribution >= 0.6 is 0 Å². The molecule has 0 bridgehead atoms. The molecule has 0 unspecified atom stereocenters. The second-order valence-corrected chi connectivity index (χ2v) is 5.34. The number of ether oxygens (including phenoxy) is 2. The number of allylic oxidation sites excluding steroid dienone is 1. The van der Waals surface area contributed by atoms with Crippen LogP contribution in [0.4, 0.5) is 4.79 Å². The van der Waals surface area contributed by atoms with Crippen LogP contribution in [0.1, 0.15) is 40.5 Å². The molecule has 4 heteroatoms. The Hall–Kier alpha value is -1.03. The molecule has 0 radical (unpaired) electrons. The number of hydrogen-bond donors (Lipinski definition) is 1. The third-order valence-corrected chi connectivity index (χ3v) is 2.48. The van der Waals surface area contributed by atoms with Crippen molar-refractivity contribution in [1.82, 2.24) is 5.32 Å². The molecule has 0 atom stereocenters. The van der Waals surface area contributed by atoms with Gasteiger partial charge in [-0.3, -0.25) is 0 Å². The summed E-state index contributed by atoms with van der Waals surface area (Å²) in [7, 11) is 0. The monoisotopic (exact) mass is 241 g/mol. The topological polar surface area (TPSA) is 47.6 Å². The average Bonchev–Trinajstić information content (AvgIpc) is 2.10. The van der Waals surface area contributed by atoms with Crippen LogP contribution in [0, 0.1) is 0 Å². The predicted molar refractivity (Wildman–Crippen MR) is 66.9 cm³/mol. The van der Waals surface area contributed by atoms with Gasteiger partial charge in [-0.1, -0.05) is 12.2 Å². The molecular weight excluding hydrogens is 218 g/mol. The lowest BCUT2D eigenvalue weighted by Crippen LogP contribution is -2.49. The van der Waals surface area contributed by atoms with Crippen molar-refractivity contribution >= 4 is 6.09 Å². The SMILES string of the molecule is CC=CCOC1CC(NC(=O)OC(C)(C)C)C1. The number of carbonyl (C=O) groups excluding carboxylic acids is 1. The van der Waals surface area contributed by atoms with Crippen molar-refractivity contribution in [1.29, 1.82) is 0 Å². The van der Waals surface area contributed by atoms with Crippen molar-refractivity contribution in [3.8, 4) is 0 Å². The largest absolute Gasteiger partial charge is 0.444 e. The second-order valence-electron chi connectivity index (χ2n) is 5.34. The van der Waals surface area contributed by atoms with E-state index in [1.54, 1.807) is 0 Å². The van der Waals surface area contributed by atoms with Crippen LogP contribution in [-0.2, 0) is 9.47 Å². The van der Waals surface area contributed by atoms with Crippen LogP contribution < -0.4 is 5.32 Å². The van der Waals surface area contributed by atoms with Crippen LogP contribution in [0.15, 0.2) is 12.2 Å². The number of rotatable bonds is 4. The van der Waals surface area contributed by atoms with Crippen molar-refractivity contribution < 1.29 is 14.3 Å². The van der Waals surface area contributed by atoms with Crippen LogP contribution in [0.2, 0.25) is 0 Å². The van der Waals surface area contributed by atoms with Gasteiger partial charge >= 0.3 is 6.09 Å². The minimum absolute atomic E-state index is 0.195. The normalized spacial score (nSPS) is 24.5. The summed E-state index contributed by atoms with van der Waals surface area (Å²) in [6.07, 6.45) is 5.62. The number of nitrogens with one attached hydrogen (secondary N) is 1. The maximum atomic E-state index is 11.4. The molecule has 0 aromatic carbocycles. The standard InChI is InChI=1S/C13H23NO3/c1-5-6-7-16-11-8-10(9-11)14-12(15)17-13(2,3)4/h5-6,10-11H,7-9H2,1-4H3,(H,14,15). The van der Waals surface area contributed by atoms with Crippen LogP contribution in [0.25, 0.3) is 0 Å². The number of alkyl carbamates (subject to hydrolysis) is 1. The van der Waals surface area contributed by atoms with Crippen molar-refractivity contribution in [2.45, 2.75) is 58.3 Å². The quantitative estimate of drug-likeness (QED) is 0.770. The highest BCUT2D eigenvalue weighted by Crippen LogP contribution is 2.23. The van der Waals surface area contributed by atoms with Gasteiger partial charge in [0.25, 0.3) is 0 Å². The predicted octanol–water partition coefficient (Wildman–Crippen LogP) is 2.63. The number of amides is 1. The van der Waals surface area contributed by atoms with Crippen molar-refractivity contribution in [2.24, 2.45) is 0 Å². The lowest BCUT2D eigenvalue weighted by Gasteiger charge is -2.35. The smallest absolute Gasteiger partial charge is 0.407 e. The highest BCUT2D eigenvalue weighted by atomic mass is 16.6. The minimum atomic E-state index is -0.435. The molecule has 0 aromatic heterocycles. The molecule has 1 aliphatic carbocycles. The summed E-state index contributed by atoms with van der Waals surface area (Å²) in [5.41, 5.74) is -0.435. The molecule has 1 amide bonds. The summed E-state index contributed by atoms with van der Waals surface area (Å²) in [6, 6.07) is 0.195. The van der Waals surface area contributed by atoms with Gasteiger partial charge in [-0.15, -0.1) is 0 Å². The molecule has 0 aromatic rings. The molecule has 1 fully saturated rings. The van der Waals surface area contributed by atoms with Gasteiger partial charge in [0, 0.05) is 6.04 Å². The van der Waals surface area contributed by atoms with E-state index in [9.17, 15) is 4.79 Å². The fourth-order valence-electron chi connectivity index (χ4n) is 1.58. The zero-order chi connectivity index (χ0) is 12.9. The van der Waals surface area contributed by atoms with E-state index >= 15 is 0 Å². The Morgan fingerprint density at radius 1 is 1.41 bits per heavy atom. The zero-order valence-corrected chi connectivity index (χ0v) is 11.2. The molecular formula is C13H23NO3. The molecule has 1 rings (SSSR count). The fourth-order valence-corrected chi connectivity index (χ4v) is 1.58. The van der Waals surface area contributed by atoms with Crippen molar-refractivity contribution in [3.63, 3.8) is 0 Å². The summed E-state index contributed by atoms with van der Waals surface area (Å²) >= 11 is 0. The summed E-state index contributed by atoms with van der Waals surface area (Å²) in [5, 5.41) is 2.83. The maximum Gasteiger partial charge on any atom is 0.407 e. The van der Waals surface area contributed by atoms with Crippen LogP contribution in [0.3, 0.4) is 0 Å². The number of hydrogen-bond acceptors (Lipinski definition) is 3. The summed E-state index contributed by atoms with van der Waals surface area (Å²) < 4.78 is 10.7. The van der Waals surface area contributed by atoms with E-state index < -0.39 is 5.60 Å². The lowest BCUT2D eigenvalue weighted by molar-refractivity contribution is -0.00761. The van der Waals surface area contributed by atoms with Gasteiger partial charge in [-0.25, -0.2) is 4.79 Å². The van der Waals surface area contributed by atoms with Crippen molar-refractivity contribution in [2.75, 3.05) is 6.61 Å². The Balaban J connectivity index is 2.10. The summed E-state index contributed by atoms with van der Waals surface area (Å²) in [6.45, 7) is 8.19. The molecule has 0 heterocycles. The molecule has 4 nitrogen and oxygen atoms in total. The van der Waals surface area contributed by atoms with Gasteiger partial charge in [0.05, 0.1) is 12.7 Å². The van der Waals surface area contributed by atoms with Gasteiger partial charge < -0.3 is 14.8 Å². The Morgan fingerprint density at radius 2 is 2.06 bits per heavy atom.